The maximum absolute atomic E-state index is 14.2. The van der Waals surface area contributed by atoms with E-state index in [0.717, 1.165) is 6.42 Å². The van der Waals surface area contributed by atoms with Crippen molar-refractivity contribution in [1.82, 2.24) is 16.0 Å². The van der Waals surface area contributed by atoms with Crippen LogP contribution in [-0.4, -0.2) is 126 Å². The quantitative estimate of drug-likeness (QED) is 0.0295. The Balaban J connectivity index is 1.54. The van der Waals surface area contributed by atoms with E-state index in [2.05, 4.69) is 37.2 Å². The van der Waals surface area contributed by atoms with Crippen LogP contribution in [-0.2, 0) is 19.2 Å². The minimum absolute atomic E-state index is 0.0344. The van der Waals surface area contributed by atoms with Crippen LogP contribution in [0.1, 0.15) is 118 Å². The van der Waals surface area contributed by atoms with E-state index in [1.54, 1.807) is 0 Å². The second-order valence-corrected chi connectivity index (χ2v) is 18.8. The van der Waals surface area contributed by atoms with Crippen LogP contribution >= 0.6 is 0 Å². The average Bonchev–Trinajstić information content (AvgIpc) is 3.53. The molecule has 0 fully saturated rings. The zero-order valence-electron chi connectivity index (χ0n) is 46.4. The number of nitrogens with one attached hydrogen (secondary N) is 7. The Kier molecular flexibility index (Phi) is 27.3. The van der Waals surface area contributed by atoms with E-state index in [9.17, 15) is 38.4 Å². The standard InChI is InChI=1S/C56H79N13O12/c1-78-45-22-18-33(29-38(45)49(62)70)64-55(76)43(15-7-11-27-59)68-51(72)40-31-35(20-24-47(40)80-3)66-56(77)44(16-8-12-28-60)69-52(73)39-30-34(19-23-46(39)79-2)65-54(75)42(14-6-10-26-58)67-50(71)37-21-17-36(32-48(37)81-4)63-53(74)41(61)13-5-9-25-57/h17-24,29-32,41-44H,5-16,25-28,57-61H2,1-4H3,(H2,62,70)(H,63,74)(H,64,76)(H,65,75)(H,66,77)(H,67,71)(H,68,72)(H,69,73)/t41-,42-,43-,44-/m0/s1. The van der Waals surface area contributed by atoms with Crippen LogP contribution < -0.4 is 90.6 Å². The first-order valence-electron chi connectivity index (χ1n) is 26.7. The summed E-state index contributed by atoms with van der Waals surface area (Å²) in [5.41, 5.74) is 35.3. The first-order chi connectivity index (χ1) is 38.9. The highest BCUT2D eigenvalue weighted by molar-refractivity contribution is 6.07. The Labute approximate surface area is 471 Å². The van der Waals surface area contributed by atoms with E-state index in [-0.39, 0.29) is 81.6 Å². The molecule has 25 nitrogen and oxygen atoms in total. The van der Waals surface area contributed by atoms with Crippen molar-refractivity contribution in [3.63, 3.8) is 0 Å². The Morgan fingerprint density at radius 3 is 1.05 bits per heavy atom. The molecule has 4 aromatic carbocycles. The van der Waals surface area contributed by atoms with Gasteiger partial charge in [-0.3, -0.25) is 38.4 Å². The summed E-state index contributed by atoms with van der Waals surface area (Å²) in [5, 5.41) is 19.3. The third kappa shape index (κ3) is 20.0. The van der Waals surface area contributed by atoms with Crippen molar-refractivity contribution in [2.75, 3.05) is 75.9 Å². The van der Waals surface area contributed by atoms with Gasteiger partial charge in [0, 0.05) is 28.8 Å². The number of methoxy groups -OCH3 is 4. The number of amides is 8. The molecule has 0 heterocycles. The number of ether oxygens (including phenoxy) is 4. The normalized spacial score (nSPS) is 12.3. The predicted molar refractivity (Wildman–Crippen MR) is 308 cm³/mol. The van der Waals surface area contributed by atoms with Crippen LogP contribution in [0.15, 0.2) is 72.8 Å². The van der Waals surface area contributed by atoms with Crippen molar-refractivity contribution in [3.05, 3.63) is 95.1 Å². The van der Waals surface area contributed by atoms with Crippen molar-refractivity contribution in [3.8, 4) is 23.0 Å². The zero-order chi connectivity index (χ0) is 59.4. The third-order valence-corrected chi connectivity index (χ3v) is 12.9. The number of nitrogens with two attached hydrogens (primary N) is 6. The molecule has 0 aliphatic carbocycles. The van der Waals surface area contributed by atoms with Crippen LogP contribution in [0, 0.1) is 0 Å². The van der Waals surface area contributed by atoms with Gasteiger partial charge in [-0.1, -0.05) is 6.42 Å². The maximum Gasteiger partial charge on any atom is 0.255 e. The zero-order valence-corrected chi connectivity index (χ0v) is 46.4. The summed E-state index contributed by atoms with van der Waals surface area (Å²) in [6.07, 6.45) is 5.39. The smallest absolute Gasteiger partial charge is 0.255 e. The lowest BCUT2D eigenvalue weighted by atomic mass is 10.1. The number of anilines is 4. The van der Waals surface area contributed by atoms with Crippen LogP contribution in [0.2, 0.25) is 0 Å². The van der Waals surface area contributed by atoms with Crippen molar-refractivity contribution in [1.29, 1.82) is 0 Å². The number of rotatable bonds is 35. The SMILES string of the molecule is COc1ccc(NC(=O)[C@H](CCCCN)NC(=O)c2cc(NC(=O)[C@H](CCCCN)NC(=O)c3cc(NC(=O)[C@H](CCCCN)NC(=O)c4ccc(NC(=O)[C@@H](N)CCCCN)cc4OC)ccc3OC)ccc2OC)cc1C(N)=O. The van der Waals surface area contributed by atoms with Crippen LogP contribution in [0.4, 0.5) is 22.7 Å². The van der Waals surface area contributed by atoms with Gasteiger partial charge in [-0.2, -0.15) is 0 Å². The number of primary amides is 1. The Morgan fingerprint density at radius 2 is 0.691 bits per heavy atom. The second-order valence-electron chi connectivity index (χ2n) is 18.8. The molecule has 25 heteroatoms. The molecule has 81 heavy (non-hydrogen) atoms. The van der Waals surface area contributed by atoms with Gasteiger partial charge in [0.2, 0.25) is 23.6 Å². The highest BCUT2D eigenvalue weighted by Gasteiger charge is 2.29. The summed E-state index contributed by atoms with van der Waals surface area (Å²) >= 11 is 0. The monoisotopic (exact) mass is 1130 g/mol. The molecule has 0 aromatic heterocycles. The molecule has 0 saturated heterocycles. The van der Waals surface area contributed by atoms with Crippen molar-refractivity contribution in [2.45, 2.75) is 101 Å². The first-order valence-corrected chi connectivity index (χ1v) is 26.7. The van der Waals surface area contributed by atoms with E-state index in [1.807, 2.05) is 0 Å². The molecule has 440 valence electrons. The van der Waals surface area contributed by atoms with E-state index < -0.39 is 71.4 Å². The fourth-order valence-corrected chi connectivity index (χ4v) is 8.42. The van der Waals surface area contributed by atoms with Crippen molar-refractivity contribution in [2.24, 2.45) is 34.4 Å². The average molecular weight is 1130 g/mol. The van der Waals surface area contributed by atoms with Crippen LogP contribution in [0.25, 0.3) is 0 Å². The molecule has 4 aromatic rings. The van der Waals surface area contributed by atoms with E-state index in [0.29, 0.717) is 83.2 Å². The summed E-state index contributed by atoms with van der Waals surface area (Å²) in [4.78, 5) is 109. The molecule has 0 radical (unpaired) electrons. The molecular weight excluding hydrogens is 1050 g/mol. The molecule has 4 rings (SSSR count). The van der Waals surface area contributed by atoms with Gasteiger partial charge in [-0.15, -0.1) is 0 Å². The molecule has 0 bridgehead atoms. The second kappa shape index (κ2) is 33.9. The van der Waals surface area contributed by atoms with E-state index in [1.165, 1.54) is 101 Å². The largest absolute Gasteiger partial charge is 0.496 e. The lowest BCUT2D eigenvalue weighted by molar-refractivity contribution is -0.118. The predicted octanol–water partition coefficient (Wildman–Crippen LogP) is 2.81. The highest BCUT2D eigenvalue weighted by Crippen LogP contribution is 2.28. The topological polar surface area (TPSA) is 414 Å². The van der Waals surface area contributed by atoms with Gasteiger partial charge < -0.3 is 90.6 Å². The summed E-state index contributed by atoms with van der Waals surface area (Å²) < 4.78 is 21.7. The van der Waals surface area contributed by atoms with Gasteiger partial charge >= 0.3 is 0 Å². The van der Waals surface area contributed by atoms with Crippen molar-refractivity contribution >= 4 is 70.0 Å². The first kappa shape index (κ1) is 65.2. The Hall–Kier alpha value is -8.36. The van der Waals surface area contributed by atoms with Gasteiger partial charge in [-0.05, 0) is 164 Å². The third-order valence-electron chi connectivity index (χ3n) is 12.9. The van der Waals surface area contributed by atoms with E-state index >= 15 is 0 Å². The maximum atomic E-state index is 14.2. The molecule has 0 aliphatic heterocycles. The van der Waals surface area contributed by atoms with Crippen molar-refractivity contribution < 1.29 is 57.3 Å². The minimum atomic E-state index is -1.16. The molecule has 0 spiro atoms. The fourth-order valence-electron chi connectivity index (χ4n) is 8.42. The van der Waals surface area contributed by atoms with Gasteiger partial charge in [0.05, 0.1) is 56.7 Å². The van der Waals surface area contributed by atoms with Gasteiger partial charge in [0.15, 0.2) is 0 Å². The van der Waals surface area contributed by atoms with Crippen LogP contribution in [0.3, 0.4) is 0 Å². The highest BCUT2D eigenvalue weighted by atomic mass is 16.5. The molecule has 19 N–H and O–H groups in total. The lowest BCUT2D eigenvalue weighted by Crippen LogP contribution is -2.44. The summed E-state index contributed by atoms with van der Waals surface area (Å²) in [7, 11) is 5.43. The molecule has 0 aliphatic rings. The number of benzene rings is 4. The number of hydrogen-bond acceptors (Lipinski definition) is 17. The number of carbonyl (C=O) groups is 8. The number of carbonyl (C=O) groups excluding carboxylic acids is 8. The minimum Gasteiger partial charge on any atom is -0.496 e. The van der Waals surface area contributed by atoms with E-state index in [4.69, 9.17) is 53.3 Å². The molecule has 0 saturated carbocycles. The summed E-state index contributed by atoms with van der Waals surface area (Å²) in [6, 6.07) is 13.3. The van der Waals surface area contributed by atoms with Crippen LogP contribution in [0.5, 0.6) is 23.0 Å². The summed E-state index contributed by atoms with van der Waals surface area (Å²) in [5.74, 6) is -4.60. The molecule has 0 unspecified atom stereocenters. The summed E-state index contributed by atoms with van der Waals surface area (Å²) in [6.45, 7) is 1.49. The fraction of sp³-hybridized carbons (Fsp3) is 0.429. The molecule has 4 atom stereocenters. The Bertz CT molecular complexity index is 2800. The Morgan fingerprint density at radius 1 is 0.383 bits per heavy atom. The number of hydrogen-bond donors (Lipinski definition) is 13. The molecule has 8 amide bonds. The molecular formula is C56H79N13O12. The van der Waals surface area contributed by atoms with Gasteiger partial charge in [0.1, 0.15) is 41.1 Å². The van der Waals surface area contributed by atoms with Gasteiger partial charge in [0.25, 0.3) is 23.6 Å². The van der Waals surface area contributed by atoms with Gasteiger partial charge in [-0.25, -0.2) is 0 Å². The number of unbranched alkanes of at least 4 members (excludes halogenated alkanes) is 4. The lowest BCUT2D eigenvalue weighted by Gasteiger charge is -2.22.